The number of carbonyl (C=O) groups excluding carboxylic acids is 2. The van der Waals surface area contributed by atoms with E-state index in [4.69, 9.17) is 8.85 Å². The lowest BCUT2D eigenvalue weighted by Gasteiger charge is -2.31. The molecule has 1 unspecified atom stereocenters. The highest BCUT2D eigenvalue weighted by Gasteiger charge is 2.30. The normalized spacial score (nSPS) is 34.0. The molecule has 1 aliphatic rings. The van der Waals surface area contributed by atoms with Crippen molar-refractivity contribution in [1.29, 1.82) is 0 Å². The molecule has 5 heteroatoms. The number of rotatable bonds is 0. The van der Waals surface area contributed by atoms with E-state index in [2.05, 4.69) is 15.9 Å². The zero-order valence-electron chi connectivity index (χ0n) is 12.0. The van der Waals surface area contributed by atoms with Crippen molar-refractivity contribution in [2.24, 2.45) is 0 Å². The van der Waals surface area contributed by atoms with E-state index in [9.17, 15) is 9.59 Å². The average Bonchev–Trinajstić information content (AvgIpc) is 2.10. The summed E-state index contributed by atoms with van der Waals surface area (Å²) in [5.41, 5.74) is -0.706. The van der Waals surface area contributed by atoms with Crippen LogP contribution in [0.25, 0.3) is 0 Å². The molecule has 1 saturated heterocycles. The van der Waals surface area contributed by atoms with Crippen molar-refractivity contribution >= 4 is 27.8 Å². The van der Waals surface area contributed by atoms with E-state index in [0.717, 1.165) is 4.90 Å². The minimum Gasteiger partial charge on any atom is -0.444 e. The molecule has 0 spiro atoms. The average molecular weight is 281 g/mol. The maximum absolute atomic E-state index is 11.8. The second kappa shape index (κ2) is 4.51. The molecule has 0 saturated carbocycles. The van der Waals surface area contributed by atoms with E-state index in [-0.39, 0.29) is 6.54 Å². The standard InChI is InChI=1S/C10H16BrNO3/c1-10(2,3)15-9(14)12-5-4-8(13)7(11)6-12/h7H,4-6H2,1-3H3/i4D2,7D. The van der Waals surface area contributed by atoms with Gasteiger partial charge in [-0.3, -0.25) is 4.79 Å². The number of hydrogen-bond donors (Lipinski definition) is 0. The van der Waals surface area contributed by atoms with Gasteiger partial charge in [-0.25, -0.2) is 4.79 Å². The molecule has 1 rings (SSSR count). The molecule has 15 heavy (non-hydrogen) atoms. The van der Waals surface area contributed by atoms with Gasteiger partial charge in [0.1, 0.15) is 11.4 Å². The molecular weight excluding hydrogens is 262 g/mol. The molecule has 1 aliphatic heterocycles. The largest absolute Gasteiger partial charge is 0.444 e. The van der Waals surface area contributed by atoms with Gasteiger partial charge in [-0.1, -0.05) is 15.9 Å². The van der Waals surface area contributed by atoms with Crippen LogP contribution in [0.3, 0.4) is 0 Å². The lowest BCUT2D eigenvalue weighted by molar-refractivity contribution is -0.120. The zero-order chi connectivity index (χ0) is 14.4. The molecular formula is C10H16BrNO3. The molecule has 0 aliphatic carbocycles. The number of ether oxygens (including phenoxy) is 1. The van der Waals surface area contributed by atoms with Crippen LogP contribution in [-0.4, -0.2) is 40.3 Å². The van der Waals surface area contributed by atoms with E-state index in [0.29, 0.717) is 0 Å². The first-order chi connectivity index (χ1) is 7.85. The van der Waals surface area contributed by atoms with Gasteiger partial charge in [0.25, 0.3) is 0 Å². The summed E-state index contributed by atoms with van der Waals surface area (Å²) in [6.07, 6.45) is -2.98. The van der Waals surface area contributed by atoms with Crippen LogP contribution in [0.1, 0.15) is 31.3 Å². The Hall–Kier alpha value is -0.580. The van der Waals surface area contributed by atoms with Crippen LogP contribution in [-0.2, 0) is 9.53 Å². The van der Waals surface area contributed by atoms with Crippen molar-refractivity contribution in [1.82, 2.24) is 4.90 Å². The molecule has 1 fully saturated rings. The smallest absolute Gasteiger partial charge is 0.410 e. The van der Waals surface area contributed by atoms with Crippen molar-refractivity contribution in [3.05, 3.63) is 0 Å². The highest BCUT2D eigenvalue weighted by atomic mass is 79.9. The second-order valence-electron chi connectivity index (χ2n) is 4.25. The molecule has 86 valence electrons. The van der Waals surface area contributed by atoms with Gasteiger partial charge in [0.2, 0.25) is 0 Å². The first kappa shape index (κ1) is 8.56. The van der Waals surface area contributed by atoms with E-state index in [1.807, 2.05) is 0 Å². The molecule has 1 heterocycles. The summed E-state index contributed by atoms with van der Waals surface area (Å²) in [4.78, 5) is 22.7. The van der Waals surface area contributed by atoms with Crippen LogP contribution in [0.2, 0.25) is 0 Å². The number of alkyl halides is 1. The third-order valence-electron chi connectivity index (χ3n) is 1.66. The number of likely N-dealkylation sites (tertiary alicyclic amines) is 1. The Kier molecular flexibility index (Phi) is 2.57. The van der Waals surface area contributed by atoms with Crippen molar-refractivity contribution < 1.29 is 18.4 Å². The van der Waals surface area contributed by atoms with Gasteiger partial charge in [-0.15, -0.1) is 0 Å². The predicted octanol–water partition coefficient (Wildman–Crippen LogP) is 1.96. The van der Waals surface area contributed by atoms with Crippen LogP contribution < -0.4 is 0 Å². The molecule has 0 aromatic carbocycles. The first-order valence-corrected chi connectivity index (χ1v) is 5.36. The van der Waals surface area contributed by atoms with Gasteiger partial charge in [-0.05, 0) is 20.8 Å². The predicted molar refractivity (Wildman–Crippen MR) is 60.1 cm³/mol. The van der Waals surface area contributed by atoms with Gasteiger partial charge in [0.15, 0.2) is 0 Å². The molecule has 1 atom stereocenters. The fraction of sp³-hybridized carbons (Fsp3) is 0.800. The Morgan fingerprint density at radius 1 is 1.73 bits per heavy atom. The fourth-order valence-corrected chi connectivity index (χ4v) is 1.46. The summed E-state index contributed by atoms with van der Waals surface area (Å²) in [6.45, 7) is 4.44. The highest BCUT2D eigenvalue weighted by Crippen LogP contribution is 2.17. The van der Waals surface area contributed by atoms with Crippen LogP contribution in [0, 0.1) is 0 Å². The minimum atomic E-state index is -2.25. The van der Waals surface area contributed by atoms with Crippen LogP contribution in [0.4, 0.5) is 4.79 Å². The van der Waals surface area contributed by atoms with Crippen molar-refractivity contribution in [2.45, 2.75) is 37.5 Å². The lowest BCUT2D eigenvalue weighted by atomic mass is 10.1. The van der Waals surface area contributed by atoms with Crippen molar-refractivity contribution in [3.8, 4) is 0 Å². The maximum Gasteiger partial charge on any atom is 0.410 e. The van der Waals surface area contributed by atoms with E-state index < -0.39 is 35.2 Å². The Bertz CT molecular complexity index is 359. The number of amides is 1. The number of hydrogen-bond acceptors (Lipinski definition) is 3. The summed E-state index contributed by atoms with van der Waals surface area (Å²) in [5.74, 6) is -0.880. The van der Waals surface area contributed by atoms with Gasteiger partial charge in [0, 0.05) is 22.2 Å². The number of ketones is 1. The quantitative estimate of drug-likeness (QED) is 0.638. The number of Topliss-reactive ketones (excluding diaryl/α,β-unsaturated/α-hetero) is 1. The third kappa shape index (κ3) is 3.81. The van der Waals surface area contributed by atoms with Gasteiger partial charge in [-0.2, -0.15) is 0 Å². The van der Waals surface area contributed by atoms with E-state index in [1.54, 1.807) is 20.8 Å². The number of piperidine rings is 1. The van der Waals surface area contributed by atoms with Crippen LogP contribution in [0.5, 0.6) is 0 Å². The van der Waals surface area contributed by atoms with Gasteiger partial charge in [0.05, 0.1) is 6.17 Å². The third-order valence-corrected chi connectivity index (χ3v) is 2.27. The van der Waals surface area contributed by atoms with Crippen LogP contribution in [0.15, 0.2) is 0 Å². The Morgan fingerprint density at radius 2 is 2.33 bits per heavy atom. The topological polar surface area (TPSA) is 46.6 Å². The summed E-state index contributed by atoms with van der Waals surface area (Å²) in [7, 11) is 0. The summed E-state index contributed by atoms with van der Waals surface area (Å²) in [6, 6.07) is 0. The lowest BCUT2D eigenvalue weighted by Crippen LogP contribution is -2.46. The fourth-order valence-electron chi connectivity index (χ4n) is 1.01. The molecule has 0 aromatic heterocycles. The number of nitrogens with zero attached hydrogens (tertiary/aromatic N) is 1. The molecule has 1 amide bonds. The number of halogens is 1. The van der Waals surface area contributed by atoms with Crippen molar-refractivity contribution in [2.75, 3.05) is 13.1 Å². The minimum absolute atomic E-state index is 0.236. The van der Waals surface area contributed by atoms with Crippen molar-refractivity contribution in [3.63, 3.8) is 0 Å². The van der Waals surface area contributed by atoms with Crippen LogP contribution >= 0.6 is 15.9 Å². The molecule has 0 N–H and O–H groups in total. The molecule has 0 aromatic rings. The molecule has 0 radical (unpaired) electrons. The molecule has 0 bridgehead atoms. The zero-order valence-corrected chi connectivity index (χ0v) is 10.6. The van der Waals surface area contributed by atoms with Gasteiger partial charge < -0.3 is 9.64 Å². The Balaban J connectivity index is 2.87. The second-order valence-corrected chi connectivity index (χ2v) is 5.20. The number of carbonyl (C=O) groups is 2. The summed E-state index contributed by atoms with van der Waals surface area (Å²) >= 11 is 2.85. The SMILES string of the molecule is [2H]C1([2H])CN(C(=O)OC(C)(C)C)CC([2H])(Br)C1=O. The Labute approximate surface area is 102 Å². The summed E-state index contributed by atoms with van der Waals surface area (Å²) < 4.78 is 27.9. The first-order valence-electron chi connectivity index (χ1n) is 6.07. The molecule has 4 nitrogen and oxygen atoms in total. The van der Waals surface area contributed by atoms with E-state index >= 15 is 0 Å². The summed E-state index contributed by atoms with van der Waals surface area (Å²) in [5, 5.41) is 0. The maximum atomic E-state index is 11.8. The van der Waals surface area contributed by atoms with Gasteiger partial charge >= 0.3 is 6.09 Å². The highest BCUT2D eigenvalue weighted by molar-refractivity contribution is 9.10. The monoisotopic (exact) mass is 280 g/mol. The van der Waals surface area contributed by atoms with E-state index in [1.165, 1.54) is 0 Å². The Morgan fingerprint density at radius 3 is 2.80 bits per heavy atom.